The maximum Gasteiger partial charge on any atom is 0.266 e. The molecule has 1 heterocycles. The average Bonchev–Trinajstić information content (AvgIpc) is 2.53. The fraction of sp³-hybridized carbons (Fsp3) is 0.333. The molecule has 1 aromatic carbocycles. The van der Waals surface area contributed by atoms with Crippen LogP contribution in [0.25, 0.3) is 0 Å². The van der Waals surface area contributed by atoms with Gasteiger partial charge >= 0.3 is 0 Å². The van der Waals surface area contributed by atoms with Crippen LogP contribution in [0.2, 0.25) is 5.02 Å². The van der Waals surface area contributed by atoms with Crippen LogP contribution in [0.4, 0.5) is 0 Å². The van der Waals surface area contributed by atoms with Crippen molar-refractivity contribution in [3.8, 4) is 0 Å². The molecule has 0 unspecified atom stereocenters. The van der Waals surface area contributed by atoms with E-state index in [9.17, 15) is 9.59 Å². The maximum atomic E-state index is 12.1. The summed E-state index contributed by atoms with van der Waals surface area (Å²) >= 11 is 5.73. The monoisotopic (exact) mass is 348 g/mol. The van der Waals surface area contributed by atoms with Gasteiger partial charge in [-0.3, -0.25) is 9.59 Å². The summed E-state index contributed by atoms with van der Waals surface area (Å²) < 4.78 is 5.75. The van der Waals surface area contributed by atoms with Crippen LogP contribution in [-0.4, -0.2) is 16.5 Å². The lowest BCUT2D eigenvalue weighted by atomic mass is 10.1. The largest absolute Gasteiger partial charge is 0.371 e. The van der Waals surface area contributed by atoms with Crippen molar-refractivity contribution in [3.63, 3.8) is 0 Å². The lowest BCUT2D eigenvalue weighted by molar-refractivity contribution is -0.0149. The van der Waals surface area contributed by atoms with E-state index in [0.717, 1.165) is 11.1 Å². The molecule has 2 aromatic rings. The van der Waals surface area contributed by atoms with E-state index in [2.05, 4.69) is 10.3 Å². The van der Waals surface area contributed by atoms with Crippen LogP contribution in [0.1, 0.15) is 42.3 Å². The molecule has 0 saturated heterocycles. The SMILES string of the molecule is CC(C)(C)OCc1cccc(CNC(=O)c2c[nH]c(=O)c(Cl)c2)c1. The minimum Gasteiger partial charge on any atom is -0.371 e. The van der Waals surface area contributed by atoms with Crippen LogP contribution in [0, 0.1) is 0 Å². The highest BCUT2D eigenvalue weighted by Gasteiger charge is 2.11. The van der Waals surface area contributed by atoms with E-state index in [0.29, 0.717) is 18.7 Å². The number of nitrogens with one attached hydrogen (secondary N) is 2. The molecule has 0 aliphatic rings. The Kier molecular flexibility index (Phi) is 5.80. The summed E-state index contributed by atoms with van der Waals surface area (Å²) in [6, 6.07) is 9.19. The van der Waals surface area contributed by atoms with Gasteiger partial charge < -0.3 is 15.0 Å². The molecule has 0 spiro atoms. The van der Waals surface area contributed by atoms with Gasteiger partial charge in [0, 0.05) is 12.7 Å². The highest BCUT2D eigenvalue weighted by atomic mass is 35.5. The van der Waals surface area contributed by atoms with Crippen molar-refractivity contribution in [2.45, 2.75) is 39.5 Å². The number of benzene rings is 1. The number of hydrogen-bond donors (Lipinski definition) is 2. The van der Waals surface area contributed by atoms with Gasteiger partial charge in [0.15, 0.2) is 0 Å². The first-order valence-corrected chi connectivity index (χ1v) is 8.00. The third-order valence-electron chi connectivity index (χ3n) is 3.24. The van der Waals surface area contributed by atoms with E-state index >= 15 is 0 Å². The van der Waals surface area contributed by atoms with Gasteiger partial charge in [0.1, 0.15) is 5.02 Å². The Morgan fingerprint density at radius 1 is 1.25 bits per heavy atom. The van der Waals surface area contributed by atoms with E-state index in [1.54, 1.807) is 0 Å². The number of carbonyl (C=O) groups is 1. The predicted molar refractivity (Wildman–Crippen MR) is 94.2 cm³/mol. The summed E-state index contributed by atoms with van der Waals surface area (Å²) in [7, 11) is 0. The van der Waals surface area contributed by atoms with Gasteiger partial charge in [-0.25, -0.2) is 0 Å². The van der Waals surface area contributed by atoms with Crippen molar-refractivity contribution in [3.05, 3.63) is 68.6 Å². The van der Waals surface area contributed by atoms with Crippen LogP contribution in [0.5, 0.6) is 0 Å². The van der Waals surface area contributed by atoms with Crippen molar-refractivity contribution in [1.29, 1.82) is 0 Å². The summed E-state index contributed by atoms with van der Waals surface area (Å²) in [5, 5.41) is 2.79. The number of amides is 1. The van der Waals surface area contributed by atoms with Crippen LogP contribution < -0.4 is 10.9 Å². The third-order valence-corrected chi connectivity index (χ3v) is 3.52. The Labute approximate surface area is 146 Å². The Morgan fingerprint density at radius 2 is 1.96 bits per heavy atom. The molecule has 24 heavy (non-hydrogen) atoms. The Bertz CT molecular complexity index is 778. The van der Waals surface area contributed by atoms with Crippen molar-refractivity contribution in [1.82, 2.24) is 10.3 Å². The molecule has 2 N–H and O–H groups in total. The Balaban J connectivity index is 1.97. The summed E-state index contributed by atoms with van der Waals surface area (Å²) in [6.07, 6.45) is 1.34. The van der Waals surface area contributed by atoms with Gasteiger partial charge in [-0.05, 0) is 38.0 Å². The van der Waals surface area contributed by atoms with Crippen molar-refractivity contribution in [2.24, 2.45) is 0 Å². The fourth-order valence-corrected chi connectivity index (χ4v) is 2.17. The average molecular weight is 349 g/mol. The lowest BCUT2D eigenvalue weighted by Crippen LogP contribution is -2.24. The molecule has 0 atom stereocenters. The molecular weight excluding hydrogens is 328 g/mol. The standard InChI is InChI=1S/C18H21ClN2O3/c1-18(2,3)24-11-13-6-4-5-12(7-13)9-20-16(22)14-8-15(19)17(23)21-10-14/h4-8,10H,9,11H2,1-3H3,(H,20,22)(H,21,23). The quantitative estimate of drug-likeness (QED) is 0.871. The van der Waals surface area contributed by atoms with Gasteiger partial charge in [0.05, 0.1) is 17.8 Å². The number of ether oxygens (including phenoxy) is 1. The van der Waals surface area contributed by atoms with Crippen molar-refractivity contribution < 1.29 is 9.53 Å². The number of carbonyl (C=O) groups excluding carboxylic acids is 1. The minimum absolute atomic E-state index is 0.0102. The molecule has 1 aromatic heterocycles. The van der Waals surface area contributed by atoms with Gasteiger partial charge in [-0.2, -0.15) is 0 Å². The number of aromatic amines is 1. The van der Waals surface area contributed by atoms with E-state index in [1.807, 2.05) is 45.0 Å². The highest BCUT2D eigenvalue weighted by molar-refractivity contribution is 6.30. The second-order valence-electron chi connectivity index (χ2n) is 6.47. The number of pyridine rings is 1. The highest BCUT2D eigenvalue weighted by Crippen LogP contribution is 2.13. The zero-order valence-electron chi connectivity index (χ0n) is 14.0. The number of aromatic nitrogens is 1. The molecule has 0 fully saturated rings. The molecule has 2 rings (SSSR count). The number of rotatable bonds is 5. The minimum atomic E-state index is -0.417. The summed E-state index contributed by atoms with van der Waals surface area (Å²) in [5.41, 5.74) is 1.71. The fourth-order valence-electron chi connectivity index (χ4n) is 2.00. The lowest BCUT2D eigenvalue weighted by Gasteiger charge is -2.19. The van der Waals surface area contributed by atoms with Crippen LogP contribution in [-0.2, 0) is 17.9 Å². The first-order chi connectivity index (χ1) is 11.2. The second-order valence-corrected chi connectivity index (χ2v) is 6.88. The van der Waals surface area contributed by atoms with Gasteiger partial charge in [0.25, 0.3) is 11.5 Å². The van der Waals surface area contributed by atoms with Gasteiger partial charge in [-0.1, -0.05) is 35.9 Å². The predicted octanol–water partition coefficient (Wildman–Crippen LogP) is 3.27. The van der Waals surface area contributed by atoms with Gasteiger partial charge in [0.2, 0.25) is 0 Å². The molecule has 6 heteroatoms. The molecule has 0 radical (unpaired) electrons. The van der Waals surface area contributed by atoms with E-state index in [1.165, 1.54) is 12.3 Å². The molecule has 128 valence electrons. The maximum absolute atomic E-state index is 12.1. The molecule has 5 nitrogen and oxygen atoms in total. The van der Waals surface area contributed by atoms with E-state index in [-0.39, 0.29) is 16.5 Å². The molecule has 0 aliphatic heterocycles. The Morgan fingerprint density at radius 3 is 2.62 bits per heavy atom. The van der Waals surface area contributed by atoms with Gasteiger partial charge in [-0.15, -0.1) is 0 Å². The first-order valence-electron chi connectivity index (χ1n) is 7.63. The zero-order valence-corrected chi connectivity index (χ0v) is 14.7. The van der Waals surface area contributed by atoms with E-state index < -0.39 is 5.56 Å². The van der Waals surface area contributed by atoms with Crippen LogP contribution >= 0.6 is 11.6 Å². The summed E-state index contributed by atoms with van der Waals surface area (Å²) in [6.45, 7) is 6.91. The zero-order chi connectivity index (χ0) is 17.7. The molecule has 1 amide bonds. The number of hydrogen-bond acceptors (Lipinski definition) is 3. The smallest absolute Gasteiger partial charge is 0.266 e. The van der Waals surface area contributed by atoms with Crippen molar-refractivity contribution >= 4 is 17.5 Å². The first kappa shape index (κ1) is 18.2. The topological polar surface area (TPSA) is 71.2 Å². The second kappa shape index (κ2) is 7.64. The normalized spacial score (nSPS) is 11.3. The molecule has 0 aliphatic carbocycles. The molecular formula is C18H21ClN2O3. The summed E-state index contributed by atoms with van der Waals surface area (Å²) in [4.78, 5) is 25.7. The van der Waals surface area contributed by atoms with E-state index in [4.69, 9.17) is 16.3 Å². The number of H-pyrrole nitrogens is 1. The Hall–Kier alpha value is -2.11. The molecule has 0 bridgehead atoms. The number of halogens is 1. The summed E-state index contributed by atoms with van der Waals surface area (Å²) in [5.74, 6) is -0.301. The third kappa shape index (κ3) is 5.51. The molecule has 0 saturated carbocycles. The van der Waals surface area contributed by atoms with Crippen molar-refractivity contribution in [2.75, 3.05) is 0 Å². The van der Waals surface area contributed by atoms with Crippen LogP contribution in [0.15, 0.2) is 41.3 Å². The van der Waals surface area contributed by atoms with Crippen LogP contribution in [0.3, 0.4) is 0 Å².